The quantitative estimate of drug-likeness (QED) is 0.0306. The molecule has 3 aromatic rings. The van der Waals surface area contributed by atoms with Crippen molar-refractivity contribution in [2.24, 2.45) is 5.10 Å². The second-order valence-corrected chi connectivity index (χ2v) is 19.0. The summed E-state index contributed by atoms with van der Waals surface area (Å²) >= 11 is 0. The van der Waals surface area contributed by atoms with E-state index in [0.29, 0.717) is 23.1 Å². The topological polar surface area (TPSA) is 274 Å². The molecule has 20 nitrogen and oxygen atoms in total. The summed E-state index contributed by atoms with van der Waals surface area (Å²) in [5.41, 5.74) is 3.63. The number of piperazine rings is 1. The number of ether oxygens (including phenoxy) is 3. The third kappa shape index (κ3) is 14.5. The molecule has 0 spiro atoms. The molecule has 1 aliphatic heterocycles. The Bertz CT molecular complexity index is 2100. The summed E-state index contributed by atoms with van der Waals surface area (Å²) in [5, 5.41) is 11.4. The number of carbonyl (C=O) groups is 2. The van der Waals surface area contributed by atoms with Gasteiger partial charge in [-0.1, -0.05) is 36.4 Å². The predicted octanol–water partition coefficient (Wildman–Crippen LogP) is -5.05. The maximum absolute atomic E-state index is 13.6. The van der Waals surface area contributed by atoms with Gasteiger partial charge < -0.3 is 62.7 Å². The van der Waals surface area contributed by atoms with Crippen LogP contribution >= 0.6 is 15.2 Å². The third-order valence-electron chi connectivity index (χ3n) is 8.91. The number of amides is 2. The summed E-state index contributed by atoms with van der Waals surface area (Å²) in [6, 6.07) is 17.3. The standard InChI is InChI=1S/C34H48N6O14P2S.2Na/c1-37(2)30-12-5-11-29-28(30)10-6-13-31(29)57(50,51)40-19-17-39(18-20-40)33(42)54-23-22-53-32(41)36-35-25-26-8-4-9-27(24-26)52-21-7-15-38(3)16-14-34(43,55(44,45)46)56(47,48)49;;/h4-6,8-13,24-25,43H,7,14-23H2,1-3H3,(H,36,41)(H2,44,45,46)(H2,47,48,49);;/q;2*+1/p-2/b35-25+;;. The zero-order valence-electron chi connectivity index (χ0n) is 33.5. The van der Waals surface area contributed by atoms with Crippen LogP contribution in [0.2, 0.25) is 0 Å². The number of sulfonamides is 1. The van der Waals surface area contributed by atoms with Gasteiger partial charge in [0.05, 0.1) is 17.7 Å². The molecular weight excluding hydrogens is 856 g/mol. The zero-order chi connectivity index (χ0) is 42.0. The summed E-state index contributed by atoms with van der Waals surface area (Å²) in [6.07, 6.45) is -0.831. The van der Waals surface area contributed by atoms with Crippen LogP contribution in [0.5, 0.6) is 5.75 Å². The largest absolute Gasteiger partial charge is 1.00 e. The van der Waals surface area contributed by atoms with Crippen LogP contribution in [0.25, 0.3) is 10.8 Å². The normalized spacial score (nSPS) is 16.5. The Balaban J connectivity index is 0.00000600. The van der Waals surface area contributed by atoms with Crippen LogP contribution in [-0.2, 0) is 28.6 Å². The number of aliphatic hydroxyl groups is 1. The minimum Gasteiger partial charge on any atom is -0.776 e. The number of nitrogens with zero attached hydrogens (tertiary/aromatic N) is 5. The number of hydrogen-bond donors (Lipinski definition) is 4. The van der Waals surface area contributed by atoms with E-state index in [-0.39, 0.29) is 123 Å². The van der Waals surface area contributed by atoms with Gasteiger partial charge in [-0.3, -0.25) is 0 Å². The molecule has 314 valence electrons. The van der Waals surface area contributed by atoms with Crippen LogP contribution in [0.3, 0.4) is 0 Å². The van der Waals surface area contributed by atoms with E-state index in [1.54, 1.807) is 42.5 Å². The number of rotatable bonds is 18. The molecule has 2 amide bonds. The molecule has 2 atom stereocenters. The Morgan fingerprint density at radius 1 is 0.898 bits per heavy atom. The van der Waals surface area contributed by atoms with Crippen LogP contribution in [0.1, 0.15) is 18.4 Å². The molecule has 1 saturated heterocycles. The van der Waals surface area contributed by atoms with Crippen molar-refractivity contribution in [1.82, 2.24) is 19.5 Å². The summed E-state index contributed by atoms with van der Waals surface area (Å²) in [4.78, 5) is 70.6. The van der Waals surface area contributed by atoms with Crippen molar-refractivity contribution in [2.75, 3.05) is 85.1 Å². The molecule has 25 heteroatoms. The maximum atomic E-state index is 13.6. The van der Waals surface area contributed by atoms with E-state index in [1.165, 1.54) is 27.4 Å². The Morgan fingerprint density at radius 2 is 1.51 bits per heavy atom. The van der Waals surface area contributed by atoms with E-state index in [2.05, 4.69) is 10.5 Å². The first-order valence-corrected chi connectivity index (χ1v) is 22.1. The first-order valence-electron chi connectivity index (χ1n) is 17.5. The SMILES string of the molecule is CN(CCCOc1cccc(/C=N/NC(=O)OCCOC(=O)N2CCN(S(=O)(=O)c3cccc4c(N(C)C)cccc34)CC2)c1)CCC(O)(P(=O)([O-])O)P(=O)([O-])O.[Na+].[Na+]. The van der Waals surface area contributed by atoms with Crippen molar-refractivity contribution < 1.29 is 125 Å². The summed E-state index contributed by atoms with van der Waals surface area (Å²) < 4.78 is 67.2. The molecule has 1 fully saturated rings. The van der Waals surface area contributed by atoms with Gasteiger partial charge in [0.2, 0.25) is 10.0 Å². The monoisotopic (exact) mass is 902 g/mol. The fourth-order valence-corrected chi connectivity index (χ4v) is 9.45. The molecule has 0 aromatic heterocycles. The number of benzene rings is 3. The van der Waals surface area contributed by atoms with Crippen LogP contribution in [-0.4, -0.2) is 141 Å². The third-order valence-corrected chi connectivity index (χ3v) is 14.6. The average molecular weight is 903 g/mol. The first kappa shape index (κ1) is 53.0. The van der Waals surface area contributed by atoms with Crippen LogP contribution in [0.4, 0.5) is 15.3 Å². The fourth-order valence-electron chi connectivity index (χ4n) is 5.78. The van der Waals surface area contributed by atoms with E-state index in [4.69, 9.17) is 24.0 Å². The van der Waals surface area contributed by atoms with Crippen molar-refractivity contribution >= 4 is 60.1 Å². The number of hydrogen-bond acceptors (Lipinski definition) is 15. The van der Waals surface area contributed by atoms with E-state index in [0.717, 1.165) is 11.1 Å². The van der Waals surface area contributed by atoms with Gasteiger partial charge in [-0.05, 0) is 43.3 Å². The molecule has 0 aliphatic carbocycles. The minimum absolute atomic E-state index is 0. The van der Waals surface area contributed by atoms with Gasteiger partial charge >= 0.3 is 71.3 Å². The fraction of sp³-hybridized carbons (Fsp3) is 0.441. The van der Waals surface area contributed by atoms with Crippen molar-refractivity contribution in [3.8, 4) is 5.75 Å². The van der Waals surface area contributed by atoms with Crippen LogP contribution in [0, 0.1) is 0 Å². The Hall–Kier alpha value is -2.14. The van der Waals surface area contributed by atoms with E-state index in [1.807, 2.05) is 37.2 Å². The van der Waals surface area contributed by atoms with Gasteiger partial charge in [-0.15, -0.1) is 0 Å². The summed E-state index contributed by atoms with van der Waals surface area (Å²) in [7, 11) is -10.2. The Labute approximate surface area is 386 Å². The number of carbonyl (C=O) groups excluding carboxylic acids is 2. The van der Waals surface area contributed by atoms with E-state index >= 15 is 0 Å². The predicted molar refractivity (Wildman–Crippen MR) is 205 cm³/mol. The number of anilines is 1. The molecule has 1 aliphatic rings. The molecule has 3 aromatic carbocycles. The molecule has 2 unspecified atom stereocenters. The molecule has 59 heavy (non-hydrogen) atoms. The van der Waals surface area contributed by atoms with Crippen molar-refractivity contribution in [3.63, 3.8) is 0 Å². The average Bonchev–Trinajstić information content (AvgIpc) is 3.15. The van der Waals surface area contributed by atoms with E-state index in [9.17, 15) is 42.0 Å². The van der Waals surface area contributed by atoms with Crippen LogP contribution in [0.15, 0.2) is 70.7 Å². The number of fused-ring (bicyclic) bond motifs is 1. The number of nitrogens with one attached hydrogen (secondary N) is 1. The summed E-state index contributed by atoms with van der Waals surface area (Å²) in [6.45, 7) is 0.0432. The van der Waals surface area contributed by atoms with Crippen molar-refractivity contribution in [1.29, 1.82) is 0 Å². The van der Waals surface area contributed by atoms with Gasteiger partial charge in [-0.25, -0.2) is 23.4 Å². The van der Waals surface area contributed by atoms with E-state index < -0.39 is 48.9 Å². The second kappa shape index (κ2) is 23.3. The van der Waals surface area contributed by atoms with Gasteiger partial charge in [0, 0.05) is 76.2 Å². The van der Waals surface area contributed by atoms with Crippen LogP contribution < -0.4 is 84.0 Å². The first-order chi connectivity index (χ1) is 26.7. The Kier molecular flexibility index (Phi) is 21.0. The molecule has 4 rings (SSSR count). The second-order valence-electron chi connectivity index (χ2n) is 13.2. The van der Waals surface area contributed by atoms with Gasteiger partial charge in [0.25, 0.3) is 0 Å². The van der Waals surface area contributed by atoms with Crippen molar-refractivity contribution in [2.45, 2.75) is 22.8 Å². The smallest absolute Gasteiger partial charge is 0.776 e. The molecule has 0 saturated carbocycles. The summed E-state index contributed by atoms with van der Waals surface area (Å²) in [5.74, 6) is 0.451. The molecule has 0 radical (unpaired) electrons. The molecule has 4 N–H and O–H groups in total. The Morgan fingerprint density at radius 3 is 2.15 bits per heavy atom. The van der Waals surface area contributed by atoms with Crippen molar-refractivity contribution in [3.05, 3.63) is 66.2 Å². The minimum atomic E-state index is -5.83. The van der Waals surface area contributed by atoms with Gasteiger partial charge in [0.1, 0.15) is 19.0 Å². The molecule has 1 heterocycles. The maximum Gasteiger partial charge on any atom is 1.00 e. The van der Waals surface area contributed by atoms with Gasteiger partial charge in [0.15, 0.2) is 20.3 Å². The molecular formula is C34H46N6Na2O14P2S. The number of hydrazone groups is 1. The zero-order valence-corrected chi connectivity index (χ0v) is 40.1. The molecule has 0 bridgehead atoms. The van der Waals surface area contributed by atoms with Gasteiger partial charge in [-0.2, -0.15) is 9.41 Å².